The van der Waals surface area contributed by atoms with Gasteiger partial charge in [-0.1, -0.05) is 23.2 Å². The summed E-state index contributed by atoms with van der Waals surface area (Å²) in [5.41, 5.74) is 0.589. The van der Waals surface area contributed by atoms with Gasteiger partial charge in [0.2, 0.25) is 0 Å². The van der Waals surface area contributed by atoms with E-state index in [0.717, 1.165) is 0 Å². The molecule has 0 aliphatic rings. The number of nitrogens with zero attached hydrogens (tertiary/aromatic N) is 2. The van der Waals surface area contributed by atoms with E-state index in [9.17, 15) is 0 Å². The van der Waals surface area contributed by atoms with E-state index in [1.807, 2.05) is 0 Å². The molecule has 5 nitrogen and oxygen atoms in total. The topological polar surface area (TPSA) is 53.5 Å². The Kier molecular flexibility index (Phi) is 5.13. The molecular formula is C13H11BrCl2N2O3. The molecule has 1 aromatic heterocycles. The maximum atomic E-state index is 6.02. The molecule has 0 fully saturated rings. The van der Waals surface area contributed by atoms with E-state index < -0.39 is 0 Å². The van der Waals surface area contributed by atoms with Crippen LogP contribution in [0.3, 0.4) is 0 Å². The molecule has 0 amide bonds. The van der Waals surface area contributed by atoms with E-state index in [2.05, 4.69) is 25.9 Å². The van der Waals surface area contributed by atoms with Crippen molar-refractivity contribution >= 4 is 39.1 Å². The molecule has 0 N–H and O–H groups in total. The number of halogens is 3. The standard InChI is InChI=1S/C13H11BrCl2N2O3/c1-19-7-5-9(21-3)8(20-2)4-6(7)13-17-11(15)10(14)12(16)18-13/h4-5H,1-3H3. The molecule has 1 heterocycles. The van der Waals surface area contributed by atoms with Gasteiger partial charge >= 0.3 is 0 Å². The molecule has 0 spiro atoms. The molecule has 0 saturated heterocycles. The molecule has 1 aromatic carbocycles. The van der Waals surface area contributed by atoms with Crippen molar-refractivity contribution in [3.8, 4) is 28.6 Å². The molecule has 2 aromatic rings. The van der Waals surface area contributed by atoms with Gasteiger partial charge in [-0.25, -0.2) is 9.97 Å². The lowest BCUT2D eigenvalue weighted by atomic mass is 10.1. The van der Waals surface area contributed by atoms with E-state index in [4.69, 9.17) is 37.4 Å². The summed E-state index contributed by atoms with van der Waals surface area (Å²) in [7, 11) is 4.62. The van der Waals surface area contributed by atoms with Gasteiger partial charge in [0.1, 0.15) is 16.1 Å². The third-order valence-electron chi connectivity index (χ3n) is 2.72. The Balaban J connectivity index is 2.67. The highest BCUT2D eigenvalue weighted by atomic mass is 79.9. The fraction of sp³-hybridized carbons (Fsp3) is 0.231. The van der Waals surface area contributed by atoms with Crippen LogP contribution in [0, 0.1) is 0 Å². The van der Waals surface area contributed by atoms with Gasteiger partial charge in [0, 0.05) is 6.07 Å². The minimum atomic E-state index is 0.210. The first kappa shape index (κ1) is 16.1. The Hall–Kier alpha value is -1.24. The number of benzene rings is 1. The largest absolute Gasteiger partial charge is 0.496 e. The van der Waals surface area contributed by atoms with Crippen molar-refractivity contribution in [2.75, 3.05) is 21.3 Å². The van der Waals surface area contributed by atoms with Crippen molar-refractivity contribution in [2.45, 2.75) is 0 Å². The summed E-state index contributed by atoms with van der Waals surface area (Å²) in [6, 6.07) is 3.38. The van der Waals surface area contributed by atoms with Crippen LogP contribution in [0.1, 0.15) is 0 Å². The first-order valence-electron chi connectivity index (χ1n) is 5.70. The number of aromatic nitrogens is 2. The molecule has 0 saturated carbocycles. The lowest BCUT2D eigenvalue weighted by Gasteiger charge is -2.13. The van der Waals surface area contributed by atoms with Crippen LogP contribution in [-0.4, -0.2) is 31.3 Å². The number of ether oxygens (including phenoxy) is 3. The van der Waals surface area contributed by atoms with E-state index in [1.54, 1.807) is 19.2 Å². The summed E-state index contributed by atoms with van der Waals surface area (Å²) in [5, 5.41) is 0.420. The lowest BCUT2D eigenvalue weighted by molar-refractivity contribution is 0.349. The molecule has 0 aliphatic carbocycles. The monoisotopic (exact) mass is 392 g/mol. The first-order valence-corrected chi connectivity index (χ1v) is 7.25. The third kappa shape index (κ3) is 3.17. The minimum Gasteiger partial charge on any atom is -0.496 e. The van der Waals surface area contributed by atoms with Crippen molar-refractivity contribution in [1.29, 1.82) is 0 Å². The summed E-state index contributed by atoms with van der Waals surface area (Å²) in [4.78, 5) is 8.38. The summed E-state index contributed by atoms with van der Waals surface area (Å²) in [5.74, 6) is 1.90. The van der Waals surface area contributed by atoms with Crippen molar-refractivity contribution in [3.63, 3.8) is 0 Å². The Labute approximate surface area is 140 Å². The summed E-state index contributed by atoms with van der Waals surface area (Å²) >= 11 is 15.2. The van der Waals surface area contributed by atoms with Crippen molar-refractivity contribution < 1.29 is 14.2 Å². The first-order chi connectivity index (χ1) is 10.0. The summed E-state index contributed by atoms with van der Waals surface area (Å²) in [6.07, 6.45) is 0. The SMILES string of the molecule is COc1cc(OC)c(-c2nc(Cl)c(Br)c(Cl)n2)cc1OC. The van der Waals surface area contributed by atoms with Crippen LogP contribution in [0.15, 0.2) is 16.6 Å². The van der Waals surface area contributed by atoms with Gasteiger partial charge in [0.25, 0.3) is 0 Å². The smallest absolute Gasteiger partial charge is 0.166 e. The maximum Gasteiger partial charge on any atom is 0.166 e. The van der Waals surface area contributed by atoms with Crippen LogP contribution in [0.5, 0.6) is 17.2 Å². The van der Waals surface area contributed by atoms with Gasteiger partial charge < -0.3 is 14.2 Å². The maximum absolute atomic E-state index is 6.02. The molecule has 21 heavy (non-hydrogen) atoms. The van der Waals surface area contributed by atoms with Gasteiger partial charge in [-0.15, -0.1) is 0 Å². The summed E-state index contributed by atoms with van der Waals surface area (Å²) < 4.78 is 16.3. The second kappa shape index (κ2) is 6.68. The highest BCUT2D eigenvalue weighted by Gasteiger charge is 2.18. The van der Waals surface area contributed by atoms with Crippen LogP contribution in [0.25, 0.3) is 11.4 Å². The van der Waals surface area contributed by atoms with Gasteiger partial charge in [-0.05, 0) is 22.0 Å². The average molecular weight is 394 g/mol. The van der Waals surface area contributed by atoms with Crippen LogP contribution >= 0.6 is 39.1 Å². The fourth-order valence-corrected chi connectivity index (χ4v) is 2.28. The van der Waals surface area contributed by atoms with E-state index in [1.165, 1.54) is 14.2 Å². The zero-order valence-electron chi connectivity index (χ0n) is 11.4. The predicted octanol–water partition coefficient (Wildman–Crippen LogP) is 4.24. The van der Waals surface area contributed by atoms with Crippen LogP contribution < -0.4 is 14.2 Å². The van der Waals surface area contributed by atoms with Gasteiger partial charge in [-0.2, -0.15) is 0 Å². The molecule has 8 heteroatoms. The zero-order chi connectivity index (χ0) is 15.6. The molecule has 0 bridgehead atoms. The fourth-order valence-electron chi connectivity index (χ4n) is 1.72. The molecule has 0 unspecified atom stereocenters. The highest BCUT2D eigenvalue weighted by molar-refractivity contribution is 9.10. The number of hydrogen-bond donors (Lipinski definition) is 0. The number of hydrogen-bond acceptors (Lipinski definition) is 5. The Morgan fingerprint density at radius 2 is 1.33 bits per heavy atom. The molecule has 0 atom stereocenters. The van der Waals surface area contributed by atoms with E-state index >= 15 is 0 Å². The minimum absolute atomic E-state index is 0.210. The number of rotatable bonds is 4. The second-order valence-corrected chi connectivity index (χ2v) is 5.36. The highest BCUT2D eigenvalue weighted by Crippen LogP contribution is 2.40. The lowest BCUT2D eigenvalue weighted by Crippen LogP contribution is -1.98. The summed E-state index contributed by atoms with van der Waals surface area (Å²) in [6.45, 7) is 0. The van der Waals surface area contributed by atoms with Crippen molar-refractivity contribution in [1.82, 2.24) is 9.97 Å². The zero-order valence-corrected chi connectivity index (χ0v) is 14.5. The van der Waals surface area contributed by atoms with Crippen molar-refractivity contribution in [3.05, 3.63) is 26.9 Å². The average Bonchev–Trinajstić information content (AvgIpc) is 2.50. The van der Waals surface area contributed by atoms with Crippen LogP contribution in [0.2, 0.25) is 10.3 Å². The predicted molar refractivity (Wildman–Crippen MR) is 84.8 cm³/mol. The molecular weight excluding hydrogens is 383 g/mol. The Morgan fingerprint density at radius 1 is 0.857 bits per heavy atom. The Bertz CT molecular complexity index is 660. The van der Waals surface area contributed by atoms with Crippen LogP contribution in [-0.2, 0) is 0 Å². The molecule has 2 rings (SSSR count). The molecule has 0 aliphatic heterocycles. The van der Waals surface area contributed by atoms with Crippen molar-refractivity contribution in [2.24, 2.45) is 0 Å². The normalized spacial score (nSPS) is 10.4. The quantitative estimate of drug-likeness (QED) is 0.727. The molecule has 112 valence electrons. The van der Waals surface area contributed by atoms with E-state index in [0.29, 0.717) is 33.1 Å². The van der Waals surface area contributed by atoms with Gasteiger partial charge in [0.15, 0.2) is 17.3 Å². The third-order valence-corrected chi connectivity index (χ3v) is 4.47. The van der Waals surface area contributed by atoms with Gasteiger partial charge in [0.05, 0.1) is 31.4 Å². The molecule has 0 radical (unpaired) electrons. The van der Waals surface area contributed by atoms with Crippen LogP contribution in [0.4, 0.5) is 0 Å². The number of methoxy groups -OCH3 is 3. The van der Waals surface area contributed by atoms with Gasteiger partial charge in [-0.3, -0.25) is 0 Å². The second-order valence-electron chi connectivity index (χ2n) is 3.85. The van der Waals surface area contributed by atoms with E-state index in [-0.39, 0.29) is 10.3 Å². The Morgan fingerprint density at radius 3 is 1.81 bits per heavy atom.